The van der Waals surface area contributed by atoms with E-state index in [2.05, 4.69) is 26.8 Å². The van der Waals surface area contributed by atoms with Gasteiger partial charge in [0.15, 0.2) is 11.6 Å². The Morgan fingerprint density at radius 1 is 1.23 bits per heavy atom. The monoisotopic (exact) mass is 424 g/mol. The molecule has 1 heterocycles. The summed E-state index contributed by atoms with van der Waals surface area (Å²) in [7, 11) is 3.36. The fraction of sp³-hybridized carbons (Fsp3) is 0.750. The van der Waals surface area contributed by atoms with Crippen molar-refractivity contribution in [3.8, 4) is 0 Å². The lowest BCUT2D eigenvalue weighted by Gasteiger charge is -2.36. The van der Waals surface area contributed by atoms with Gasteiger partial charge >= 0.3 is 5.97 Å². The Hall–Kier alpha value is -1.50. The predicted octanol–water partition coefficient (Wildman–Crippen LogP) is 4.77. The van der Waals surface area contributed by atoms with Gasteiger partial charge in [0.1, 0.15) is 12.2 Å². The van der Waals surface area contributed by atoms with Gasteiger partial charge in [-0.15, -0.1) is 0 Å². The van der Waals surface area contributed by atoms with Gasteiger partial charge in [0.2, 0.25) is 0 Å². The summed E-state index contributed by atoms with van der Waals surface area (Å²) in [6.45, 7) is 10.1. The molecule has 172 valence electrons. The highest BCUT2D eigenvalue weighted by molar-refractivity contribution is 5.87. The molecule has 0 N–H and O–H groups in total. The average molecular weight is 425 g/mol. The molecule has 1 rings (SSSR count). The molecular weight excluding hydrogens is 384 g/mol. The molecule has 0 aromatic rings. The number of methoxy groups -OCH3 is 2. The van der Waals surface area contributed by atoms with E-state index in [0.29, 0.717) is 32.3 Å². The second kappa shape index (κ2) is 12.4. The topological polar surface area (TPSA) is 71.1 Å². The molecule has 30 heavy (non-hydrogen) atoms. The van der Waals surface area contributed by atoms with E-state index in [9.17, 15) is 9.59 Å². The van der Waals surface area contributed by atoms with Crippen LogP contribution in [0.2, 0.25) is 0 Å². The van der Waals surface area contributed by atoms with Crippen LogP contribution >= 0.6 is 0 Å². The number of rotatable bonds is 11. The first-order valence-corrected chi connectivity index (χ1v) is 10.8. The van der Waals surface area contributed by atoms with Crippen molar-refractivity contribution in [1.82, 2.24) is 0 Å². The van der Waals surface area contributed by atoms with Crippen LogP contribution in [0.5, 0.6) is 0 Å². The third kappa shape index (κ3) is 7.97. The Balaban J connectivity index is 2.67. The lowest BCUT2D eigenvalue weighted by Crippen LogP contribution is -2.41. The quantitative estimate of drug-likeness (QED) is 0.270. The van der Waals surface area contributed by atoms with Crippen molar-refractivity contribution < 1.29 is 28.5 Å². The van der Waals surface area contributed by atoms with Gasteiger partial charge in [0.25, 0.3) is 0 Å². The SMILES string of the molecule is COC(CC=C(C)C)(OC)C(C)CCC[C@]1(C)OCC(=CCOC(C)=O)CCC1=O. The van der Waals surface area contributed by atoms with Crippen LogP contribution in [0.3, 0.4) is 0 Å². The molecule has 1 aliphatic heterocycles. The van der Waals surface area contributed by atoms with Crippen molar-refractivity contribution in [2.24, 2.45) is 5.92 Å². The highest BCUT2D eigenvalue weighted by Crippen LogP contribution is 2.34. The van der Waals surface area contributed by atoms with Gasteiger partial charge in [-0.05, 0) is 58.1 Å². The fourth-order valence-electron chi connectivity index (χ4n) is 3.76. The van der Waals surface area contributed by atoms with Crippen LogP contribution in [-0.2, 0) is 28.5 Å². The van der Waals surface area contributed by atoms with Gasteiger partial charge in [-0.25, -0.2) is 0 Å². The van der Waals surface area contributed by atoms with Gasteiger partial charge in [0.05, 0.1) is 6.61 Å². The zero-order valence-corrected chi connectivity index (χ0v) is 19.8. The molecule has 6 nitrogen and oxygen atoms in total. The van der Waals surface area contributed by atoms with Gasteiger partial charge in [-0.2, -0.15) is 0 Å². The lowest BCUT2D eigenvalue weighted by molar-refractivity contribution is -0.235. The minimum Gasteiger partial charge on any atom is -0.462 e. The summed E-state index contributed by atoms with van der Waals surface area (Å²) in [6, 6.07) is 0. The molecule has 0 saturated carbocycles. The van der Waals surface area contributed by atoms with Gasteiger partial charge < -0.3 is 18.9 Å². The number of hydrogen-bond acceptors (Lipinski definition) is 6. The molecule has 1 aliphatic rings. The van der Waals surface area contributed by atoms with Crippen molar-refractivity contribution >= 4 is 11.8 Å². The highest BCUT2D eigenvalue weighted by Gasteiger charge is 2.38. The van der Waals surface area contributed by atoms with E-state index in [1.807, 2.05) is 13.0 Å². The van der Waals surface area contributed by atoms with E-state index in [-0.39, 0.29) is 24.3 Å². The first-order chi connectivity index (χ1) is 14.1. The van der Waals surface area contributed by atoms with Crippen LogP contribution in [0.15, 0.2) is 23.3 Å². The molecule has 6 heteroatoms. The largest absolute Gasteiger partial charge is 0.462 e. The maximum atomic E-state index is 12.7. The number of esters is 1. The smallest absolute Gasteiger partial charge is 0.302 e. The first-order valence-electron chi connectivity index (χ1n) is 10.8. The molecule has 0 bridgehead atoms. The predicted molar refractivity (Wildman–Crippen MR) is 117 cm³/mol. The number of Topliss-reactive ketones (excluding diaryl/α,β-unsaturated/α-hetero) is 1. The fourth-order valence-corrected chi connectivity index (χ4v) is 3.76. The summed E-state index contributed by atoms with van der Waals surface area (Å²) in [5.74, 6) is -0.699. The minimum atomic E-state index is -0.792. The second-order valence-electron chi connectivity index (χ2n) is 8.61. The van der Waals surface area contributed by atoms with Crippen LogP contribution in [0, 0.1) is 5.92 Å². The number of hydrogen-bond donors (Lipinski definition) is 0. The Labute approximate surface area is 182 Å². The summed E-state index contributed by atoms with van der Waals surface area (Å²) < 4.78 is 22.5. The average Bonchev–Trinajstić information content (AvgIpc) is 2.82. The molecule has 0 aromatic carbocycles. The number of ether oxygens (including phenoxy) is 4. The molecule has 0 amide bonds. The minimum absolute atomic E-state index is 0.125. The highest BCUT2D eigenvalue weighted by atomic mass is 16.7. The van der Waals surface area contributed by atoms with Crippen molar-refractivity contribution in [3.05, 3.63) is 23.3 Å². The summed E-state index contributed by atoms with van der Waals surface area (Å²) in [5.41, 5.74) is 1.43. The molecule has 0 aromatic heterocycles. The van der Waals surface area contributed by atoms with Crippen LogP contribution in [0.4, 0.5) is 0 Å². The molecule has 1 saturated heterocycles. The summed E-state index contributed by atoms with van der Waals surface area (Å²) >= 11 is 0. The second-order valence-corrected chi connectivity index (χ2v) is 8.61. The van der Waals surface area contributed by atoms with Crippen LogP contribution < -0.4 is 0 Å². The van der Waals surface area contributed by atoms with E-state index in [4.69, 9.17) is 18.9 Å². The zero-order chi connectivity index (χ0) is 22.8. The zero-order valence-electron chi connectivity index (χ0n) is 19.8. The maximum Gasteiger partial charge on any atom is 0.302 e. The Morgan fingerprint density at radius 2 is 1.90 bits per heavy atom. The summed E-state index contributed by atoms with van der Waals surface area (Å²) in [5, 5.41) is 0. The van der Waals surface area contributed by atoms with Crippen LogP contribution in [0.1, 0.15) is 73.1 Å². The van der Waals surface area contributed by atoms with Gasteiger partial charge in [0, 0.05) is 39.9 Å². The molecule has 2 atom stereocenters. The normalized spacial score (nSPS) is 22.5. The van der Waals surface area contributed by atoms with E-state index in [0.717, 1.165) is 18.4 Å². The first kappa shape index (κ1) is 26.5. The number of carbonyl (C=O) groups excluding carboxylic acids is 2. The summed E-state index contributed by atoms with van der Waals surface area (Å²) in [4.78, 5) is 23.6. The standard InChI is InChI=1S/C24H40O6/c1-18(2)12-15-24(27-6,28-7)19(3)9-8-14-23(5)22(26)11-10-21(17-30-23)13-16-29-20(4)25/h12-13,19H,8-11,14-17H2,1-7H3/t19?,23-/m0/s1. The van der Waals surface area contributed by atoms with Crippen molar-refractivity contribution in [2.45, 2.75) is 84.5 Å². The Bertz CT molecular complexity index is 628. The Morgan fingerprint density at radius 3 is 2.47 bits per heavy atom. The van der Waals surface area contributed by atoms with Crippen LogP contribution in [-0.4, -0.2) is 50.6 Å². The molecule has 0 aliphatic carbocycles. The number of allylic oxidation sites excluding steroid dienone is 1. The molecule has 0 radical (unpaired) electrons. The van der Waals surface area contributed by atoms with E-state index in [1.54, 1.807) is 14.2 Å². The molecule has 1 unspecified atom stereocenters. The number of carbonyl (C=O) groups is 2. The maximum absolute atomic E-state index is 12.7. The van der Waals surface area contributed by atoms with Crippen molar-refractivity contribution in [2.75, 3.05) is 27.4 Å². The van der Waals surface area contributed by atoms with Crippen LogP contribution in [0.25, 0.3) is 0 Å². The third-order valence-corrected chi connectivity index (χ3v) is 6.03. The van der Waals surface area contributed by atoms with Gasteiger partial charge in [-0.1, -0.05) is 18.6 Å². The molecule has 1 fully saturated rings. The lowest BCUT2D eigenvalue weighted by atomic mass is 9.86. The van der Waals surface area contributed by atoms with E-state index >= 15 is 0 Å². The number of ketones is 1. The Kier molecular flexibility index (Phi) is 10.9. The van der Waals surface area contributed by atoms with Crippen molar-refractivity contribution in [3.63, 3.8) is 0 Å². The van der Waals surface area contributed by atoms with Gasteiger partial charge in [-0.3, -0.25) is 9.59 Å². The van der Waals surface area contributed by atoms with E-state index in [1.165, 1.54) is 12.5 Å². The van der Waals surface area contributed by atoms with Crippen molar-refractivity contribution in [1.29, 1.82) is 0 Å². The summed E-state index contributed by atoms with van der Waals surface area (Å²) in [6.07, 6.45) is 8.10. The third-order valence-electron chi connectivity index (χ3n) is 6.03. The van der Waals surface area contributed by atoms with E-state index < -0.39 is 11.4 Å². The molecular formula is C24H40O6. The molecule has 0 spiro atoms.